The van der Waals surface area contributed by atoms with Gasteiger partial charge in [0, 0.05) is 22.4 Å². The summed E-state index contributed by atoms with van der Waals surface area (Å²) in [5.74, 6) is 0. The van der Waals surface area contributed by atoms with E-state index in [1.807, 2.05) is 12.5 Å². The first-order valence-corrected chi connectivity index (χ1v) is 6.88. The number of aromatic nitrogens is 2. The van der Waals surface area contributed by atoms with E-state index in [-0.39, 0.29) is 0 Å². The van der Waals surface area contributed by atoms with Gasteiger partial charge in [0.1, 0.15) is 0 Å². The average molecular weight is 308 g/mol. The van der Waals surface area contributed by atoms with E-state index in [0.717, 1.165) is 16.7 Å². The number of imidazole rings is 1. The van der Waals surface area contributed by atoms with Gasteiger partial charge in [-0.1, -0.05) is 12.1 Å². The monoisotopic (exact) mass is 307 g/mol. The van der Waals surface area contributed by atoms with Crippen LogP contribution in [-0.2, 0) is 6.54 Å². The molecule has 0 bridgehead atoms. The molecule has 1 N–H and O–H groups in total. The van der Waals surface area contributed by atoms with Gasteiger partial charge in [0.05, 0.1) is 18.6 Å². The van der Waals surface area contributed by atoms with E-state index in [1.165, 1.54) is 11.3 Å². The number of nitrogens with zero attached hydrogens (tertiary/aromatic N) is 2. The van der Waals surface area contributed by atoms with Crippen molar-refractivity contribution in [3.05, 3.63) is 46.5 Å². The van der Waals surface area contributed by atoms with Crippen molar-refractivity contribution >= 4 is 21.6 Å². The highest BCUT2D eigenvalue weighted by Crippen LogP contribution is 2.26. The second kappa shape index (κ2) is 5.57. The molecule has 0 aliphatic heterocycles. The van der Waals surface area contributed by atoms with Gasteiger partial charge in [-0.3, -0.25) is 0 Å². The first-order valence-electron chi connectivity index (χ1n) is 6.09. The zero-order chi connectivity index (χ0) is 13.1. The second-order valence-corrected chi connectivity index (χ2v) is 5.47. The number of rotatable bonds is 4. The lowest BCUT2D eigenvalue weighted by atomic mass is 10.2. The quantitative estimate of drug-likeness (QED) is 0.919. The molecule has 1 aromatic carbocycles. The fraction of sp³-hybridized carbons (Fsp3) is 0.357. The molecule has 96 valence electrons. The summed E-state index contributed by atoms with van der Waals surface area (Å²) in [5, 5.41) is 3.44. The van der Waals surface area contributed by atoms with Crippen LogP contribution in [0.3, 0.4) is 0 Å². The molecule has 2 aromatic rings. The van der Waals surface area contributed by atoms with E-state index in [0.29, 0.717) is 6.04 Å². The van der Waals surface area contributed by atoms with Crippen molar-refractivity contribution in [3.63, 3.8) is 0 Å². The Balaban J connectivity index is 2.12. The molecule has 0 atom stereocenters. The largest absolute Gasteiger partial charge is 0.378 e. The maximum absolute atomic E-state index is 4.21. The summed E-state index contributed by atoms with van der Waals surface area (Å²) < 4.78 is 3.30. The summed E-state index contributed by atoms with van der Waals surface area (Å²) in [6.07, 6.45) is 3.80. The van der Waals surface area contributed by atoms with Crippen LogP contribution in [0.25, 0.3) is 0 Å². The molecule has 2 rings (SSSR count). The zero-order valence-corrected chi connectivity index (χ0v) is 12.5. The molecule has 0 saturated heterocycles. The van der Waals surface area contributed by atoms with Gasteiger partial charge < -0.3 is 9.88 Å². The highest BCUT2D eigenvalue weighted by atomic mass is 79.9. The molecule has 0 saturated carbocycles. The van der Waals surface area contributed by atoms with Crippen LogP contribution in [0.2, 0.25) is 0 Å². The Morgan fingerprint density at radius 2 is 2.17 bits per heavy atom. The van der Waals surface area contributed by atoms with Gasteiger partial charge in [-0.2, -0.15) is 0 Å². The van der Waals surface area contributed by atoms with Gasteiger partial charge in [0.2, 0.25) is 0 Å². The van der Waals surface area contributed by atoms with Crippen molar-refractivity contribution in [2.24, 2.45) is 0 Å². The SMILES string of the molecule is Cc1cccc(NCc2cncn2C(C)C)c1Br. The Morgan fingerprint density at radius 1 is 1.39 bits per heavy atom. The van der Waals surface area contributed by atoms with E-state index in [9.17, 15) is 0 Å². The molecular weight excluding hydrogens is 290 g/mol. The normalized spacial score (nSPS) is 10.9. The second-order valence-electron chi connectivity index (χ2n) is 4.68. The Kier molecular flexibility index (Phi) is 4.07. The molecule has 0 unspecified atom stereocenters. The van der Waals surface area contributed by atoms with E-state index in [2.05, 4.69) is 69.8 Å². The third-order valence-electron chi connectivity index (χ3n) is 2.95. The van der Waals surface area contributed by atoms with Crippen LogP contribution in [0.4, 0.5) is 5.69 Å². The molecule has 1 aromatic heterocycles. The summed E-state index contributed by atoms with van der Waals surface area (Å²) in [6, 6.07) is 6.66. The summed E-state index contributed by atoms with van der Waals surface area (Å²) in [4.78, 5) is 4.21. The Hall–Kier alpha value is -1.29. The number of hydrogen-bond donors (Lipinski definition) is 1. The minimum absolute atomic E-state index is 0.435. The topological polar surface area (TPSA) is 29.9 Å². The molecule has 0 spiro atoms. The Bertz CT molecular complexity index is 532. The molecule has 0 aliphatic carbocycles. The van der Waals surface area contributed by atoms with Gasteiger partial charge >= 0.3 is 0 Å². The number of hydrogen-bond acceptors (Lipinski definition) is 2. The number of benzene rings is 1. The molecular formula is C14H18BrN3. The fourth-order valence-corrected chi connectivity index (χ4v) is 2.31. The van der Waals surface area contributed by atoms with Crippen molar-refractivity contribution in [2.45, 2.75) is 33.4 Å². The van der Waals surface area contributed by atoms with Gasteiger partial charge in [0.25, 0.3) is 0 Å². The Labute approximate surface area is 116 Å². The zero-order valence-electron chi connectivity index (χ0n) is 10.9. The molecule has 0 aliphatic rings. The first-order chi connectivity index (χ1) is 8.59. The molecule has 3 nitrogen and oxygen atoms in total. The Morgan fingerprint density at radius 3 is 2.89 bits per heavy atom. The third kappa shape index (κ3) is 2.75. The number of anilines is 1. The van der Waals surface area contributed by atoms with Crippen molar-refractivity contribution in [1.29, 1.82) is 0 Å². The van der Waals surface area contributed by atoms with Gasteiger partial charge in [-0.25, -0.2) is 4.98 Å². The number of halogens is 1. The van der Waals surface area contributed by atoms with Crippen LogP contribution in [0, 0.1) is 6.92 Å². The molecule has 0 amide bonds. The average Bonchev–Trinajstić information content (AvgIpc) is 2.79. The number of aryl methyl sites for hydroxylation is 1. The first kappa shape index (κ1) is 13.1. The summed E-state index contributed by atoms with van der Waals surface area (Å²) >= 11 is 3.61. The van der Waals surface area contributed by atoms with Crippen LogP contribution in [0.1, 0.15) is 31.1 Å². The van der Waals surface area contributed by atoms with E-state index in [1.54, 1.807) is 0 Å². The maximum Gasteiger partial charge on any atom is 0.0951 e. The summed E-state index contributed by atoms with van der Waals surface area (Å²) in [6.45, 7) is 7.19. The van der Waals surface area contributed by atoms with Gasteiger partial charge in [-0.05, 0) is 48.3 Å². The van der Waals surface area contributed by atoms with Crippen LogP contribution in [0.15, 0.2) is 35.2 Å². The van der Waals surface area contributed by atoms with E-state index in [4.69, 9.17) is 0 Å². The molecule has 4 heteroatoms. The molecule has 0 fully saturated rings. The molecule has 1 heterocycles. The van der Waals surface area contributed by atoms with Gasteiger partial charge in [-0.15, -0.1) is 0 Å². The lowest BCUT2D eigenvalue weighted by Crippen LogP contribution is -2.09. The van der Waals surface area contributed by atoms with Crippen LogP contribution in [0.5, 0.6) is 0 Å². The van der Waals surface area contributed by atoms with Crippen molar-refractivity contribution in [3.8, 4) is 0 Å². The minimum atomic E-state index is 0.435. The number of nitrogens with one attached hydrogen (secondary N) is 1. The minimum Gasteiger partial charge on any atom is -0.378 e. The van der Waals surface area contributed by atoms with E-state index >= 15 is 0 Å². The fourth-order valence-electron chi connectivity index (χ4n) is 1.90. The molecule has 0 radical (unpaired) electrons. The standard InChI is InChI=1S/C14H18BrN3/c1-10(2)18-9-16-7-12(18)8-17-13-6-4-5-11(3)14(13)15/h4-7,9-10,17H,8H2,1-3H3. The van der Waals surface area contributed by atoms with Crippen molar-refractivity contribution in [2.75, 3.05) is 5.32 Å². The third-order valence-corrected chi connectivity index (χ3v) is 4.01. The lowest BCUT2D eigenvalue weighted by Gasteiger charge is -2.14. The molecule has 18 heavy (non-hydrogen) atoms. The highest BCUT2D eigenvalue weighted by molar-refractivity contribution is 9.10. The van der Waals surface area contributed by atoms with Crippen molar-refractivity contribution in [1.82, 2.24) is 9.55 Å². The predicted molar refractivity (Wildman–Crippen MR) is 78.8 cm³/mol. The lowest BCUT2D eigenvalue weighted by molar-refractivity contribution is 0.577. The summed E-state index contributed by atoms with van der Waals surface area (Å²) in [7, 11) is 0. The van der Waals surface area contributed by atoms with Crippen LogP contribution < -0.4 is 5.32 Å². The predicted octanol–water partition coefficient (Wildman–Crippen LogP) is 4.15. The van der Waals surface area contributed by atoms with Crippen LogP contribution >= 0.6 is 15.9 Å². The van der Waals surface area contributed by atoms with E-state index < -0.39 is 0 Å². The van der Waals surface area contributed by atoms with Gasteiger partial charge in [0.15, 0.2) is 0 Å². The smallest absolute Gasteiger partial charge is 0.0951 e. The van der Waals surface area contributed by atoms with Crippen LogP contribution in [-0.4, -0.2) is 9.55 Å². The van der Waals surface area contributed by atoms with Crippen molar-refractivity contribution < 1.29 is 0 Å². The highest BCUT2D eigenvalue weighted by Gasteiger charge is 2.06. The summed E-state index contributed by atoms with van der Waals surface area (Å²) in [5.41, 5.74) is 3.54. The maximum atomic E-state index is 4.21.